The Morgan fingerprint density at radius 2 is 1.83 bits per heavy atom. The van der Waals surface area contributed by atoms with Crippen molar-refractivity contribution in [3.63, 3.8) is 0 Å². The predicted octanol–water partition coefficient (Wildman–Crippen LogP) is 0.667. The van der Waals surface area contributed by atoms with E-state index >= 15 is 0 Å². The highest BCUT2D eigenvalue weighted by Gasteiger charge is 2.15. The van der Waals surface area contributed by atoms with E-state index in [0.717, 1.165) is 0 Å². The molecular formula is C6H14O5S. The molecule has 0 N–H and O–H groups in total. The maximum atomic E-state index is 10.8. The van der Waals surface area contributed by atoms with Crippen molar-refractivity contribution >= 4 is 10.4 Å². The fourth-order valence-corrected chi connectivity index (χ4v) is 1.33. The van der Waals surface area contributed by atoms with Crippen molar-refractivity contribution in [1.29, 1.82) is 0 Å². The van der Waals surface area contributed by atoms with E-state index in [1.807, 2.05) is 0 Å². The van der Waals surface area contributed by atoms with E-state index < -0.39 is 16.7 Å². The maximum absolute atomic E-state index is 10.8. The van der Waals surface area contributed by atoms with Crippen LogP contribution in [0.2, 0.25) is 0 Å². The summed E-state index contributed by atoms with van der Waals surface area (Å²) in [5, 5.41) is 0. The van der Waals surface area contributed by atoms with Crippen molar-refractivity contribution in [2.45, 2.75) is 27.1 Å². The second-order valence-corrected chi connectivity index (χ2v) is 3.18. The van der Waals surface area contributed by atoms with Crippen LogP contribution in [0.4, 0.5) is 0 Å². The fourth-order valence-electron chi connectivity index (χ4n) is 0.601. The van der Waals surface area contributed by atoms with Gasteiger partial charge in [0.05, 0.1) is 6.61 Å². The van der Waals surface area contributed by atoms with Crippen LogP contribution in [0.15, 0.2) is 0 Å². The first-order valence-electron chi connectivity index (χ1n) is 3.71. The minimum Gasteiger partial charge on any atom is -0.352 e. The first-order valence-corrected chi connectivity index (χ1v) is 5.04. The molecular weight excluding hydrogens is 184 g/mol. The van der Waals surface area contributed by atoms with Gasteiger partial charge < -0.3 is 4.74 Å². The Kier molecular flexibility index (Phi) is 5.39. The Balaban J connectivity index is 3.89. The van der Waals surface area contributed by atoms with Crippen LogP contribution in [0.5, 0.6) is 0 Å². The maximum Gasteiger partial charge on any atom is 0.402 e. The van der Waals surface area contributed by atoms with Crippen LogP contribution in [0.25, 0.3) is 0 Å². The molecule has 0 rings (SSSR count). The molecule has 0 saturated heterocycles. The predicted molar refractivity (Wildman–Crippen MR) is 42.7 cm³/mol. The lowest BCUT2D eigenvalue weighted by Crippen LogP contribution is -2.20. The van der Waals surface area contributed by atoms with E-state index in [1.165, 1.54) is 6.92 Å². The van der Waals surface area contributed by atoms with Crippen LogP contribution in [-0.2, 0) is 23.5 Å². The molecule has 0 aliphatic heterocycles. The van der Waals surface area contributed by atoms with Gasteiger partial charge in [-0.05, 0) is 20.8 Å². The van der Waals surface area contributed by atoms with Crippen LogP contribution < -0.4 is 0 Å². The third-order valence-electron chi connectivity index (χ3n) is 0.917. The summed E-state index contributed by atoms with van der Waals surface area (Å²) in [6, 6.07) is 0. The van der Waals surface area contributed by atoms with Gasteiger partial charge in [-0.1, -0.05) is 0 Å². The molecule has 0 radical (unpaired) electrons. The van der Waals surface area contributed by atoms with Gasteiger partial charge in [-0.2, -0.15) is 8.42 Å². The molecule has 0 aromatic carbocycles. The number of hydrogen-bond donors (Lipinski definition) is 0. The molecule has 0 bridgehead atoms. The third-order valence-corrected chi connectivity index (χ3v) is 1.95. The van der Waals surface area contributed by atoms with Crippen LogP contribution in [0, 0.1) is 0 Å². The van der Waals surface area contributed by atoms with Gasteiger partial charge in [0.25, 0.3) is 0 Å². The van der Waals surface area contributed by atoms with E-state index in [0.29, 0.717) is 6.61 Å². The molecule has 0 aromatic heterocycles. The topological polar surface area (TPSA) is 61.8 Å². The molecule has 0 spiro atoms. The highest BCUT2D eigenvalue weighted by atomic mass is 32.3. The molecule has 0 aromatic rings. The third kappa shape index (κ3) is 5.48. The average Bonchev–Trinajstić information content (AvgIpc) is 1.85. The summed E-state index contributed by atoms with van der Waals surface area (Å²) in [7, 11) is -3.88. The molecule has 0 aliphatic carbocycles. The molecule has 0 fully saturated rings. The summed E-state index contributed by atoms with van der Waals surface area (Å²) < 4.78 is 35.2. The normalized spacial score (nSPS) is 14.6. The van der Waals surface area contributed by atoms with E-state index in [1.54, 1.807) is 13.8 Å². The summed E-state index contributed by atoms with van der Waals surface area (Å²) >= 11 is 0. The lowest BCUT2D eigenvalue weighted by molar-refractivity contribution is -0.0648. The summed E-state index contributed by atoms with van der Waals surface area (Å²) in [6.07, 6.45) is -0.799. The van der Waals surface area contributed by atoms with E-state index in [-0.39, 0.29) is 6.61 Å². The van der Waals surface area contributed by atoms with Crippen LogP contribution in [-0.4, -0.2) is 27.9 Å². The standard InChI is InChI=1S/C6H14O5S/c1-4-9-6(3)11-12(7,8)10-5-2/h6H,4-5H2,1-3H3. The van der Waals surface area contributed by atoms with Crippen molar-refractivity contribution in [1.82, 2.24) is 0 Å². The molecule has 5 nitrogen and oxygen atoms in total. The van der Waals surface area contributed by atoms with Gasteiger partial charge >= 0.3 is 10.4 Å². The smallest absolute Gasteiger partial charge is 0.352 e. The number of hydrogen-bond acceptors (Lipinski definition) is 5. The van der Waals surface area contributed by atoms with E-state index in [9.17, 15) is 8.42 Å². The van der Waals surface area contributed by atoms with Crippen molar-refractivity contribution in [3.05, 3.63) is 0 Å². The summed E-state index contributed by atoms with van der Waals surface area (Å²) in [4.78, 5) is 0. The molecule has 12 heavy (non-hydrogen) atoms. The van der Waals surface area contributed by atoms with Gasteiger partial charge in [0.2, 0.25) is 0 Å². The first-order chi connectivity index (χ1) is 5.52. The highest BCUT2D eigenvalue weighted by Crippen LogP contribution is 2.02. The minimum absolute atomic E-state index is 0.0567. The summed E-state index contributed by atoms with van der Waals surface area (Å²) in [5.41, 5.74) is 0. The van der Waals surface area contributed by atoms with Gasteiger partial charge in [0.15, 0.2) is 6.29 Å². The summed E-state index contributed by atoms with van der Waals surface area (Å²) in [6.45, 7) is 5.24. The average molecular weight is 198 g/mol. The van der Waals surface area contributed by atoms with E-state index in [4.69, 9.17) is 4.74 Å². The van der Waals surface area contributed by atoms with Crippen LogP contribution in [0.1, 0.15) is 20.8 Å². The van der Waals surface area contributed by atoms with Gasteiger partial charge in [-0.15, -0.1) is 0 Å². The van der Waals surface area contributed by atoms with Crippen LogP contribution in [0.3, 0.4) is 0 Å². The quantitative estimate of drug-likeness (QED) is 0.587. The highest BCUT2D eigenvalue weighted by molar-refractivity contribution is 7.81. The molecule has 1 unspecified atom stereocenters. The van der Waals surface area contributed by atoms with Gasteiger partial charge in [-0.25, -0.2) is 8.37 Å². The zero-order valence-corrected chi connectivity index (χ0v) is 8.26. The zero-order chi connectivity index (χ0) is 9.61. The lowest BCUT2D eigenvalue weighted by atomic mass is 10.7. The molecule has 6 heteroatoms. The van der Waals surface area contributed by atoms with Crippen molar-refractivity contribution in [2.75, 3.05) is 13.2 Å². The van der Waals surface area contributed by atoms with Gasteiger partial charge in [-0.3, -0.25) is 0 Å². The molecule has 0 amide bonds. The van der Waals surface area contributed by atoms with E-state index in [2.05, 4.69) is 8.37 Å². The lowest BCUT2D eigenvalue weighted by Gasteiger charge is -2.11. The minimum atomic E-state index is -3.88. The number of rotatable bonds is 6. The molecule has 1 atom stereocenters. The van der Waals surface area contributed by atoms with Crippen molar-refractivity contribution < 1.29 is 21.5 Å². The Morgan fingerprint density at radius 1 is 1.25 bits per heavy atom. The second-order valence-electron chi connectivity index (χ2n) is 1.93. The SMILES string of the molecule is CCOC(C)OS(=O)(=O)OCC. The molecule has 0 heterocycles. The Labute approximate surface area is 72.9 Å². The Hall–Kier alpha value is -0.170. The molecule has 0 saturated carbocycles. The monoisotopic (exact) mass is 198 g/mol. The molecule has 0 aliphatic rings. The van der Waals surface area contributed by atoms with Gasteiger partial charge in [0.1, 0.15) is 0 Å². The van der Waals surface area contributed by atoms with Crippen LogP contribution >= 0.6 is 0 Å². The summed E-state index contributed by atoms with van der Waals surface area (Å²) in [5.74, 6) is 0. The fraction of sp³-hybridized carbons (Fsp3) is 1.00. The van der Waals surface area contributed by atoms with Crippen molar-refractivity contribution in [3.8, 4) is 0 Å². The Morgan fingerprint density at radius 3 is 2.25 bits per heavy atom. The van der Waals surface area contributed by atoms with Gasteiger partial charge in [0, 0.05) is 6.61 Å². The van der Waals surface area contributed by atoms with Crippen molar-refractivity contribution in [2.24, 2.45) is 0 Å². The Bertz CT molecular complexity index is 198. The largest absolute Gasteiger partial charge is 0.402 e. The molecule has 74 valence electrons. The second kappa shape index (κ2) is 5.47. The first kappa shape index (κ1) is 11.8. The zero-order valence-electron chi connectivity index (χ0n) is 7.44. The number of ether oxygens (including phenoxy) is 1.